The summed E-state index contributed by atoms with van der Waals surface area (Å²) in [4.78, 5) is 14.1. The lowest BCUT2D eigenvalue weighted by molar-refractivity contribution is -0.143. The number of carbonyl (C=O) groups is 1. The van der Waals surface area contributed by atoms with E-state index in [9.17, 15) is 31.1 Å². The molecule has 150 valence electrons. The van der Waals surface area contributed by atoms with Gasteiger partial charge in [0, 0.05) is 25.5 Å². The number of hydrogen-bond acceptors (Lipinski definition) is 2. The van der Waals surface area contributed by atoms with E-state index in [1.807, 2.05) is 4.90 Å². The molecular formula is C17H17ClF6N2O. The highest BCUT2D eigenvalue weighted by Gasteiger charge is 2.37. The summed E-state index contributed by atoms with van der Waals surface area (Å²) in [7, 11) is 0. The van der Waals surface area contributed by atoms with Crippen LogP contribution in [0.4, 0.5) is 26.3 Å². The van der Waals surface area contributed by atoms with Crippen LogP contribution in [-0.2, 0) is 23.7 Å². The van der Waals surface area contributed by atoms with E-state index in [-0.39, 0.29) is 11.6 Å². The summed E-state index contributed by atoms with van der Waals surface area (Å²) in [5, 5.41) is 2.41. The number of halogens is 7. The van der Waals surface area contributed by atoms with Crippen LogP contribution in [-0.4, -0.2) is 35.8 Å². The molecule has 3 nitrogen and oxygen atoms in total. The van der Waals surface area contributed by atoms with Gasteiger partial charge in [-0.2, -0.15) is 26.3 Å². The van der Waals surface area contributed by atoms with Crippen LogP contribution in [0, 0.1) is 0 Å². The topological polar surface area (TPSA) is 32.3 Å². The van der Waals surface area contributed by atoms with Gasteiger partial charge < -0.3 is 5.32 Å². The molecule has 1 N–H and O–H groups in total. The molecule has 0 spiro atoms. The lowest BCUT2D eigenvalue weighted by atomic mass is 10.0. The summed E-state index contributed by atoms with van der Waals surface area (Å²) in [5.74, 6) is -0.0840. The van der Waals surface area contributed by atoms with E-state index in [0.29, 0.717) is 37.5 Å². The van der Waals surface area contributed by atoms with Crippen LogP contribution in [0.5, 0.6) is 0 Å². The Labute approximate surface area is 157 Å². The molecule has 0 aromatic heterocycles. The lowest BCUT2D eigenvalue weighted by Gasteiger charge is -2.23. The van der Waals surface area contributed by atoms with Crippen LogP contribution in [0.2, 0.25) is 0 Å². The monoisotopic (exact) mass is 414 g/mol. The second-order valence-electron chi connectivity index (χ2n) is 6.04. The zero-order chi connectivity index (χ0) is 20.2. The Morgan fingerprint density at radius 3 is 2.22 bits per heavy atom. The highest BCUT2D eigenvalue weighted by molar-refractivity contribution is 6.17. The Morgan fingerprint density at radius 2 is 1.70 bits per heavy atom. The Balaban J connectivity index is 2.12. The van der Waals surface area contributed by atoms with Gasteiger partial charge in [-0.15, -0.1) is 11.6 Å². The molecular weight excluding hydrogens is 398 g/mol. The Morgan fingerprint density at radius 1 is 1.11 bits per heavy atom. The van der Waals surface area contributed by atoms with Crippen molar-refractivity contribution in [2.75, 3.05) is 19.0 Å². The zero-order valence-corrected chi connectivity index (χ0v) is 14.8. The van der Waals surface area contributed by atoms with Crippen molar-refractivity contribution in [1.82, 2.24) is 10.2 Å². The average molecular weight is 415 g/mol. The van der Waals surface area contributed by atoms with Crippen molar-refractivity contribution in [2.24, 2.45) is 0 Å². The van der Waals surface area contributed by atoms with Gasteiger partial charge in [-0.25, -0.2) is 0 Å². The van der Waals surface area contributed by atoms with E-state index in [2.05, 4.69) is 5.32 Å². The molecule has 2 rings (SSSR count). The molecule has 27 heavy (non-hydrogen) atoms. The third-order valence-corrected chi connectivity index (χ3v) is 4.28. The fourth-order valence-corrected chi connectivity index (χ4v) is 2.84. The molecule has 0 aliphatic carbocycles. The maximum absolute atomic E-state index is 12.9. The maximum atomic E-state index is 12.9. The highest BCUT2D eigenvalue weighted by Crippen LogP contribution is 2.36. The van der Waals surface area contributed by atoms with Crippen molar-refractivity contribution >= 4 is 17.5 Å². The molecule has 1 aromatic carbocycles. The van der Waals surface area contributed by atoms with Gasteiger partial charge in [0.2, 0.25) is 5.91 Å². The first-order chi connectivity index (χ1) is 12.5. The van der Waals surface area contributed by atoms with Crippen molar-refractivity contribution in [2.45, 2.75) is 31.4 Å². The number of alkyl halides is 7. The van der Waals surface area contributed by atoms with Gasteiger partial charge in [0.1, 0.15) is 6.04 Å². The molecule has 1 aliphatic heterocycles. The van der Waals surface area contributed by atoms with Gasteiger partial charge in [-0.05, 0) is 30.2 Å². The van der Waals surface area contributed by atoms with Crippen molar-refractivity contribution in [1.29, 1.82) is 0 Å². The minimum absolute atomic E-state index is 0.0545. The summed E-state index contributed by atoms with van der Waals surface area (Å²) in [6.07, 6.45) is -5.80. The predicted molar refractivity (Wildman–Crippen MR) is 88.1 cm³/mol. The minimum Gasteiger partial charge on any atom is -0.350 e. The molecule has 0 saturated heterocycles. The van der Waals surface area contributed by atoms with Gasteiger partial charge >= 0.3 is 12.4 Å². The molecule has 0 radical (unpaired) electrons. The van der Waals surface area contributed by atoms with Crippen molar-refractivity contribution < 1.29 is 31.1 Å². The Bertz CT molecular complexity index is 669. The summed E-state index contributed by atoms with van der Waals surface area (Å²) in [6, 6.07) is 0.635. The normalized spacial score (nSPS) is 18.1. The lowest BCUT2D eigenvalue weighted by Crippen LogP contribution is -2.43. The van der Waals surface area contributed by atoms with E-state index >= 15 is 0 Å². The predicted octanol–water partition coefficient (Wildman–Crippen LogP) is 4.21. The first-order valence-corrected chi connectivity index (χ1v) is 8.58. The number of benzene rings is 1. The van der Waals surface area contributed by atoms with Crippen LogP contribution in [0.15, 0.2) is 30.4 Å². The maximum Gasteiger partial charge on any atom is 0.416 e. The summed E-state index contributed by atoms with van der Waals surface area (Å²) in [5.41, 5.74) is -3.10. The summed E-state index contributed by atoms with van der Waals surface area (Å²) in [6.45, 7) is 0.632. The third-order valence-electron chi connectivity index (χ3n) is 4.01. The molecule has 0 bridgehead atoms. The Hall–Kier alpha value is -1.74. The number of rotatable bonds is 6. The standard InChI is InChI=1S/C17H17ClF6N2O/c18-4-2-6-26-5-1-3-14(26)15(27)25-10-11-7-12(16(19,20)21)9-13(8-11)17(22,23)24/h1,3,7-9,14H,2,4-6,10H2,(H,25,27). The number of nitrogens with zero attached hydrogens (tertiary/aromatic N) is 1. The van der Waals surface area contributed by atoms with E-state index in [1.165, 1.54) is 0 Å². The molecule has 0 fully saturated rings. The highest BCUT2D eigenvalue weighted by atomic mass is 35.5. The second-order valence-corrected chi connectivity index (χ2v) is 6.42. The molecule has 10 heteroatoms. The fourth-order valence-electron chi connectivity index (χ4n) is 2.72. The van der Waals surface area contributed by atoms with Gasteiger partial charge in [-0.3, -0.25) is 9.69 Å². The second kappa shape index (κ2) is 8.52. The van der Waals surface area contributed by atoms with E-state index < -0.39 is 42.0 Å². The summed E-state index contributed by atoms with van der Waals surface area (Å²) < 4.78 is 77.2. The molecule has 1 amide bonds. The molecule has 1 aliphatic rings. The quantitative estimate of drug-likeness (QED) is 0.429. The molecule has 1 aromatic rings. The van der Waals surface area contributed by atoms with Crippen molar-refractivity contribution in [3.8, 4) is 0 Å². The molecule has 1 heterocycles. The van der Waals surface area contributed by atoms with E-state index in [0.717, 1.165) is 0 Å². The number of hydrogen-bond donors (Lipinski definition) is 1. The smallest absolute Gasteiger partial charge is 0.350 e. The van der Waals surface area contributed by atoms with Gasteiger partial charge in [0.05, 0.1) is 11.1 Å². The fraction of sp³-hybridized carbons (Fsp3) is 0.471. The largest absolute Gasteiger partial charge is 0.416 e. The average Bonchev–Trinajstić information content (AvgIpc) is 3.04. The number of amides is 1. The van der Waals surface area contributed by atoms with Gasteiger partial charge in [0.25, 0.3) is 0 Å². The molecule has 1 atom stereocenters. The zero-order valence-electron chi connectivity index (χ0n) is 14.0. The van der Waals surface area contributed by atoms with E-state index in [1.54, 1.807) is 12.2 Å². The van der Waals surface area contributed by atoms with Crippen LogP contribution in [0.25, 0.3) is 0 Å². The van der Waals surface area contributed by atoms with Gasteiger partial charge in [0.15, 0.2) is 0 Å². The number of nitrogens with one attached hydrogen (secondary N) is 1. The SMILES string of the molecule is O=C(NCc1cc(C(F)(F)F)cc(C(F)(F)F)c1)C1C=CCN1CCCCl. The van der Waals surface area contributed by atoms with Crippen LogP contribution < -0.4 is 5.32 Å². The first kappa shape index (κ1) is 21.6. The summed E-state index contributed by atoms with van der Waals surface area (Å²) >= 11 is 5.62. The van der Waals surface area contributed by atoms with Crippen LogP contribution >= 0.6 is 11.6 Å². The van der Waals surface area contributed by atoms with Crippen molar-refractivity contribution in [3.05, 3.63) is 47.0 Å². The van der Waals surface area contributed by atoms with Crippen LogP contribution in [0.1, 0.15) is 23.1 Å². The van der Waals surface area contributed by atoms with Crippen molar-refractivity contribution in [3.63, 3.8) is 0 Å². The molecule has 0 saturated carbocycles. The Kier molecular flexibility index (Phi) is 6.80. The number of carbonyl (C=O) groups excluding carboxylic acids is 1. The third kappa shape index (κ3) is 5.87. The van der Waals surface area contributed by atoms with Crippen LogP contribution in [0.3, 0.4) is 0 Å². The minimum atomic E-state index is -4.92. The van der Waals surface area contributed by atoms with Gasteiger partial charge in [-0.1, -0.05) is 12.2 Å². The molecule has 1 unspecified atom stereocenters. The van der Waals surface area contributed by atoms with E-state index in [4.69, 9.17) is 11.6 Å². The first-order valence-electron chi connectivity index (χ1n) is 8.05.